The van der Waals surface area contributed by atoms with Gasteiger partial charge in [-0.1, -0.05) is 18.2 Å². The number of para-hydroxylation sites is 1. The molecule has 0 bridgehead atoms. The van der Waals surface area contributed by atoms with Crippen LogP contribution in [0.15, 0.2) is 47.8 Å². The number of anilines is 4. The van der Waals surface area contributed by atoms with E-state index in [2.05, 4.69) is 41.6 Å². The van der Waals surface area contributed by atoms with Crippen molar-refractivity contribution in [3.63, 3.8) is 0 Å². The van der Waals surface area contributed by atoms with E-state index < -0.39 is 9.84 Å². The van der Waals surface area contributed by atoms with Crippen molar-refractivity contribution < 1.29 is 13.2 Å². The maximum Gasteiger partial charge on any atom is 0.229 e. The molecular weight excluding hydrogens is 518 g/mol. The first-order chi connectivity index (χ1) is 18.2. The Morgan fingerprint density at radius 3 is 2.58 bits per heavy atom. The van der Waals surface area contributed by atoms with E-state index in [9.17, 15) is 8.42 Å². The van der Waals surface area contributed by atoms with Gasteiger partial charge in [-0.3, -0.25) is 0 Å². The van der Waals surface area contributed by atoms with E-state index in [1.165, 1.54) is 28.7 Å². The van der Waals surface area contributed by atoms with E-state index in [1.807, 2.05) is 35.7 Å². The van der Waals surface area contributed by atoms with Gasteiger partial charge >= 0.3 is 0 Å². The van der Waals surface area contributed by atoms with Crippen LogP contribution in [0.4, 0.5) is 23.1 Å². The number of fused-ring (bicyclic) bond motifs is 1. The van der Waals surface area contributed by atoms with Crippen LogP contribution >= 0.6 is 11.3 Å². The van der Waals surface area contributed by atoms with Crippen LogP contribution in [-0.2, 0) is 15.6 Å². The second kappa shape index (κ2) is 10.9. The number of methoxy groups -OCH3 is 1. The number of nitrogens with zero attached hydrogens (tertiary/aromatic N) is 3. The van der Waals surface area contributed by atoms with Gasteiger partial charge in [-0.25, -0.2) is 13.4 Å². The number of sulfone groups is 1. The summed E-state index contributed by atoms with van der Waals surface area (Å²) in [6.07, 6.45) is 3.52. The number of aromatic nitrogens is 2. The minimum absolute atomic E-state index is 0.0555. The van der Waals surface area contributed by atoms with E-state index in [0.717, 1.165) is 47.6 Å². The summed E-state index contributed by atoms with van der Waals surface area (Å²) >= 11 is 1.53. The Morgan fingerprint density at radius 2 is 1.84 bits per heavy atom. The highest BCUT2D eigenvalue weighted by Crippen LogP contribution is 2.38. The molecule has 8 nitrogen and oxygen atoms in total. The van der Waals surface area contributed by atoms with E-state index in [1.54, 1.807) is 7.11 Å². The Hall–Kier alpha value is -3.21. The molecule has 0 radical (unpaired) electrons. The lowest BCUT2D eigenvalue weighted by Gasteiger charge is -2.30. The highest BCUT2D eigenvalue weighted by molar-refractivity contribution is 7.89. The molecule has 0 spiro atoms. The highest BCUT2D eigenvalue weighted by Gasteiger charge is 2.22. The Bertz CT molecular complexity index is 1560. The summed E-state index contributed by atoms with van der Waals surface area (Å²) in [7, 11) is 0.661. The molecule has 4 aromatic rings. The highest BCUT2D eigenvalue weighted by atomic mass is 32.2. The van der Waals surface area contributed by atoms with Gasteiger partial charge in [0.1, 0.15) is 5.75 Å². The van der Waals surface area contributed by atoms with Gasteiger partial charge in [0.2, 0.25) is 5.95 Å². The van der Waals surface area contributed by atoms with Crippen molar-refractivity contribution in [2.24, 2.45) is 0 Å². The van der Waals surface area contributed by atoms with Crippen LogP contribution in [0.25, 0.3) is 10.2 Å². The van der Waals surface area contributed by atoms with Crippen LogP contribution < -0.4 is 15.4 Å². The van der Waals surface area contributed by atoms with Gasteiger partial charge in [0.05, 0.1) is 28.8 Å². The number of benzene rings is 2. The molecule has 0 unspecified atom stereocenters. The lowest BCUT2D eigenvalue weighted by molar-refractivity contribution is 0.255. The van der Waals surface area contributed by atoms with Crippen molar-refractivity contribution >= 4 is 54.5 Å². The van der Waals surface area contributed by atoms with E-state index in [0.29, 0.717) is 28.9 Å². The van der Waals surface area contributed by atoms with Gasteiger partial charge in [-0.2, -0.15) is 4.98 Å². The summed E-state index contributed by atoms with van der Waals surface area (Å²) in [5.41, 5.74) is 5.55. The zero-order valence-electron chi connectivity index (χ0n) is 22.1. The van der Waals surface area contributed by atoms with Crippen LogP contribution in [-0.4, -0.2) is 56.8 Å². The Kier molecular flexibility index (Phi) is 7.56. The van der Waals surface area contributed by atoms with Crippen LogP contribution in [0.5, 0.6) is 5.75 Å². The van der Waals surface area contributed by atoms with E-state index in [4.69, 9.17) is 14.7 Å². The third-order valence-electron chi connectivity index (χ3n) is 6.98. The molecule has 1 saturated heterocycles. The van der Waals surface area contributed by atoms with Gasteiger partial charge in [-0.05, 0) is 92.2 Å². The molecule has 1 aliphatic heterocycles. The summed E-state index contributed by atoms with van der Waals surface area (Å²) in [5, 5.41) is 8.71. The quantitative estimate of drug-likeness (QED) is 0.282. The van der Waals surface area contributed by atoms with Gasteiger partial charge < -0.3 is 20.3 Å². The van der Waals surface area contributed by atoms with Crippen molar-refractivity contribution in [1.29, 1.82) is 0 Å². The Balaban J connectivity index is 1.47. The number of rotatable bonds is 8. The van der Waals surface area contributed by atoms with Gasteiger partial charge in [0, 0.05) is 11.9 Å². The summed E-state index contributed by atoms with van der Waals surface area (Å²) in [4.78, 5) is 11.9. The fourth-order valence-electron chi connectivity index (χ4n) is 5.03. The smallest absolute Gasteiger partial charge is 0.229 e. The normalized spacial score (nSPS) is 15.1. The summed E-state index contributed by atoms with van der Waals surface area (Å²) in [5.74, 6) is 2.28. The second-order valence-electron chi connectivity index (χ2n) is 9.99. The van der Waals surface area contributed by atoms with Crippen molar-refractivity contribution in [2.45, 2.75) is 31.4 Å². The number of nitrogens with one attached hydrogen (secondary N) is 2. The first-order valence-corrected chi connectivity index (χ1v) is 15.6. The predicted molar refractivity (Wildman–Crippen MR) is 156 cm³/mol. The third kappa shape index (κ3) is 5.92. The topological polar surface area (TPSA) is 96.5 Å². The van der Waals surface area contributed by atoms with Gasteiger partial charge in [0.15, 0.2) is 15.7 Å². The first-order valence-electron chi connectivity index (χ1n) is 12.6. The monoisotopic (exact) mass is 551 g/mol. The first kappa shape index (κ1) is 26.4. The van der Waals surface area contributed by atoms with Gasteiger partial charge in [0.25, 0.3) is 0 Å². The predicted octanol–water partition coefficient (Wildman–Crippen LogP) is 5.85. The second-order valence-corrected chi connectivity index (χ2v) is 13.1. The van der Waals surface area contributed by atoms with E-state index in [-0.39, 0.29) is 5.75 Å². The molecule has 0 aliphatic carbocycles. The number of ether oxygens (including phenoxy) is 1. The molecule has 1 aliphatic rings. The molecule has 0 amide bonds. The van der Waals surface area contributed by atoms with Crippen LogP contribution in [0.3, 0.4) is 0 Å². The number of aryl methyl sites for hydroxylation is 1. The van der Waals surface area contributed by atoms with Gasteiger partial charge in [-0.15, -0.1) is 11.3 Å². The molecule has 2 aromatic carbocycles. The van der Waals surface area contributed by atoms with Crippen LogP contribution in [0.1, 0.15) is 35.4 Å². The van der Waals surface area contributed by atoms with Crippen molar-refractivity contribution in [2.75, 3.05) is 44.1 Å². The maximum atomic E-state index is 12.0. The molecule has 0 atom stereocenters. The summed E-state index contributed by atoms with van der Waals surface area (Å²) in [6.45, 7) is 4.35. The van der Waals surface area contributed by atoms with Crippen molar-refractivity contribution in [1.82, 2.24) is 14.9 Å². The largest absolute Gasteiger partial charge is 0.495 e. The minimum atomic E-state index is -3.20. The SMILES string of the molecule is COc1cc(C2CCN(C)CC2)c(C)cc1Nc1nc(Nc2ccccc2CS(C)(=O)=O)c2sccc2n1. The molecular formula is C28H33N5O3S2. The summed E-state index contributed by atoms with van der Waals surface area (Å²) in [6, 6.07) is 13.6. The van der Waals surface area contributed by atoms with Crippen LogP contribution in [0, 0.1) is 6.92 Å². The molecule has 2 N–H and O–H groups in total. The fourth-order valence-corrected chi connectivity index (χ4v) is 6.62. The number of likely N-dealkylation sites (tertiary alicyclic amines) is 1. The molecule has 1 fully saturated rings. The molecule has 10 heteroatoms. The average molecular weight is 552 g/mol. The Morgan fingerprint density at radius 1 is 1.08 bits per heavy atom. The number of piperidine rings is 1. The number of hydrogen-bond donors (Lipinski definition) is 2. The molecule has 3 heterocycles. The zero-order chi connectivity index (χ0) is 26.9. The van der Waals surface area contributed by atoms with Crippen molar-refractivity contribution in [3.05, 3.63) is 64.5 Å². The number of hydrogen-bond acceptors (Lipinski definition) is 9. The van der Waals surface area contributed by atoms with Crippen LogP contribution in [0.2, 0.25) is 0 Å². The number of thiophene rings is 1. The fraction of sp³-hybridized carbons (Fsp3) is 0.357. The molecule has 2 aromatic heterocycles. The lowest BCUT2D eigenvalue weighted by atomic mass is 9.86. The average Bonchev–Trinajstić information content (AvgIpc) is 3.34. The minimum Gasteiger partial charge on any atom is -0.495 e. The van der Waals surface area contributed by atoms with Crippen molar-refractivity contribution in [3.8, 4) is 5.75 Å². The Labute approximate surface area is 228 Å². The molecule has 200 valence electrons. The standard InChI is InChI=1S/C28H33N5O3S2/c1-18-15-24(25(36-3)16-21(18)19-9-12-33(2)13-10-19)31-28-30-23-11-14-37-26(23)27(32-28)29-22-8-6-5-7-20(22)17-38(4,34)35/h5-8,11,14-16,19H,9-10,12-13,17H2,1-4H3,(H2,29,30,31,32). The molecule has 0 saturated carbocycles. The lowest BCUT2D eigenvalue weighted by Crippen LogP contribution is -2.29. The maximum absolute atomic E-state index is 12.0. The van der Waals surface area contributed by atoms with E-state index >= 15 is 0 Å². The third-order valence-corrected chi connectivity index (χ3v) is 8.73. The summed E-state index contributed by atoms with van der Waals surface area (Å²) < 4.78 is 30.7. The zero-order valence-corrected chi connectivity index (χ0v) is 23.7. The molecule has 38 heavy (non-hydrogen) atoms. The molecule has 5 rings (SSSR count).